The van der Waals surface area contributed by atoms with E-state index in [9.17, 15) is 0 Å². The molecule has 3 fully saturated rings. The van der Waals surface area contributed by atoms with Crippen LogP contribution in [0, 0.1) is 5.92 Å². The van der Waals surface area contributed by atoms with Crippen LogP contribution in [0.25, 0.3) is 0 Å². The van der Waals surface area contributed by atoms with Crippen molar-refractivity contribution in [1.82, 2.24) is 15.1 Å². The van der Waals surface area contributed by atoms with Crippen LogP contribution in [0.15, 0.2) is 0 Å². The molecule has 0 bridgehead atoms. The number of rotatable bonds is 6. The third kappa shape index (κ3) is 4.65. The molecular weight excluding hydrogens is 262 g/mol. The van der Waals surface area contributed by atoms with E-state index in [4.69, 9.17) is 4.74 Å². The molecule has 0 saturated carbocycles. The maximum Gasteiger partial charge on any atom is 0.0707 e. The Bertz CT molecular complexity index is 298. The minimum Gasteiger partial charge on any atom is -0.372 e. The van der Waals surface area contributed by atoms with Crippen LogP contribution >= 0.6 is 0 Å². The molecule has 122 valence electrons. The third-order valence-corrected chi connectivity index (χ3v) is 5.51. The molecular formula is C17H33N3O. The minimum atomic E-state index is 0.452. The van der Waals surface area contributed by atoms with Gasteiger partial charge in [0, 0.05) is 19.6 Å². The maximum atomic E-state index is 6.13. The first-order valence-corrected chi connectivity index (χ1v) is 9.08. The van der Waals surface area contributed by atoms with Crippen molar-refractivity contribution in [3.05, 3.63) is 0 Å². The second-order valence-corrected chi connectivity index (χ2v) is 7.27. The number of hydrogen-bond acceptors (Lipinski definition) is 4. The fourth-order valence-electron chi connectivity index (χ4n) is 4.26. The highest BCUT2D eigenvalue weighted by Gasteiger charge is 2.28. The number of nitrogens with zero attached hydrogens (tertiary/aromatic N) is 2. The summed E-state index contributed by atoms with van der Waals surface area (Å²) in [5, 5.41) is 3.23. The number of hydrogen-bond donors (Lipinski definition) is 1. The van der Waals surface area contributed by atoms with Gasteiger partial charge in [-0.05, 0) is 77.7 Å². The molecule has 1 N–H and O–H groups in total. The van der Waals surface area contributed by atoms with Crippen LogP contribution < -0.4 is 5.32 Å². The van der Waals surface area contributed by atoms with Gasteiger partial charge in [-0.15, -0.1) is 0 Å². The highest BCUT2D eigenvalue weighted by atomic mass is 16.5. The SMILES string of the molecule is CNCC1CCC(CN2CCC(CN3CCCC3)CC2)O1. The molecule has 0 spiro atoms. The van der Waals surface area contributed by atoms with Crippen LogP contribution in [0.1, 0.15) is 38.5 Å². The van der Waals surface area contributed by atoms with Gasteiger partial charge in [0.05, 0.1) is 12.2 Å². The van der Waals surface area contributed by atoms with Crippen LogP contribution in [-0.2, 0) is 4.74 Å². The zero-order valence-electron chi connectivity index (χ0n) is 13.7. The van der Waals surface area contributed by atoms with Gasteiger partial charge in [-0.25, -0.2) is 0 Å². The van der Waals surface area contributed by atoms with Crippen molar-refractivity contribution < 1.29 is 4.74 Å². The number of likely N-dealkylation sites (N-methyl/N-ethyl adjacent to an activating group) is 1. The lowest BCUT2D eigenvalue weighted by molar-refractivity contribution is 0.0162. The summed E-state index contributed by atoms with van der Waals surface area (Å²) in [6, 6.07) is 0. The van der Waals surface area contributed by atoms with Gasteiger partial charge >= 0.3 is 0 Å². The maximum absolute atomic E-state index is 6.13. The van der Waals surface area contributed by atoms with Crippen LogP contribution in [0.4, 0.5) is 0 Å². The number of nitrogens with one attached hydrogen (secondary N) is 1. The summed E-state index contributed by atoms with van der Waals surface area (Å²) < 4.78 is 6.13. The number of piperidine rings is 1. The normalized spacial score (nSPS) is 33.0. The molecule has 2 unspecified atom stereocenters. The third-order valence-electron chi connectivity index (χ3n) is 5.51. The fraction of sp³-hybridized carbons (Fsp3) is 1.00. The highest BCUT2D eigenvalue weighted by Crippen LogP contribution is 2.24. The summed E-state index contributed by atoms with van der Waals surface area (Å²) in [6.07, 6.45) is 9.05. The van der Waals surface area contributed by atoms with Crippen molar-refractivity contribution in [3.63, 3.8) is 0 Å². The second kappa shape index (κ2) is 7.91. The first kappa shape index (κ1) is 15.7. The molecule has 0 radical (unpaired) electrons. The molecule has 3 heterocycles. The van der Waals surface area contributed by atoms with Crippen LogP contribution in [0.3, 0.4) is 0 Å². The quantitative estimate of drug-likeness (QED) is 0.805. The Morgan fingerprint density at radius 2 is 1.52 bits per heavy atom. The van der Waals surface area contributed by atoms with E-state index in [0.29, 0.717) is 12.2 Å². The molecule has 3 rings (SSSR count). The molecule has 0 aromatic heterocycles. The van der Waals surface area contributed by atoms with Crippen molar-refractivity contribution >= 4 is 0 Å². The molecule has 21 heavy (non-hydrogen) atoms. The van der Waals surface area contributed by atoms with Crippen LogP contribution in [-0.4, -0.2) is 74.9 Å². The first-order chi connectivity index (χ1) is 10.3. The van der Waals surface area contributed by atoms with E-state index in [-0.39, 0.29) is 0 Å². The van der Waals surface area contributed by atoms with Gasteiger partial charge in [-0.2, -0.15) is 0 Å². The van der Waals surface area contributed by atoms with E-state index in [1.807, 2.05) is 7.05 Å². The molecule has 0 aromatic rings. The smallest absolute Gasteiger partial charge is 0.0707 e. The summed E-state index contributed by atoms with van der Waals surface area (Å²) in [5.41, 5.74) is 0. The predicted octanol–water partition coefficient (Wildman–Crippen LogP) is 1.56. The molecule has 4 nitrogen and oxygen atoms in total. The number of likely N-dealkylation sites (tertiary alicyclic amines) is 2. The van der Waals surface area contributed by atoms with E-state index in [2.05, 4.69) is 15.1 Å². The Morgan fingerprint density at radius 1 is 0.857 bits per heavy atom. The Balaban J connectivity index is 1.32. The summed E-state index contributed by atoms with van der Waals surface area (Å²) in [6.45, 7) is 8.80. The van der Waals surface area contributed by atoms with Gasteiger partial charge in [0.15, 0.2) is 0 Å². The van der Waals surface area contributed by atoms with Crippen molar-refractivity contribution in [3.8, 4) is 0 Å². The van der Waals surface area contributed by atoms with Crippen LogP contribution in [0.5, 0.6) is 0 Å². The van der Waals surface area contributed by atoms with Crippen molar-refractivity contribution in [2.75, 3.05) is 52.9 Å². The predicted molar refractivity (Wildman–Crippen MR) is 86.7 cm³/mol. The summed E-state index contributed by atoms with van der Waals surface area (Å²) in [4.78, 5) is 5.33. The topological polar surface area (TPSA) is 27.7 Å². The molecule has 0 aliphatic carbocycles. The van der Waals surface area contributed by atoms with E-state index >= 15 is 0 Å². The molecule has 3 aliphatic heterocycles. The van der Waals surface area contributed by atoms with Crippen molar-refractivity contribution in [2.45, 2.75) is 50.7 Å². The lowest BCUT2D eigenvalue weighted by Crippen LogP contribution is -2.41. The summed E-state index contributed by atoms with van der Waals surface area (Å²) in [5.74, 6) is 0.945. The summed E-state index contributed by atoms with van der Waals surface area (Å²) in [7, 11) is 2.02. The standard InChI is InChI=1S/C17H33N3O/c1-18-12-16-4-5-17(21-16)14-20-10-6-15(7-11-20)13-19-8-2-3-9-19/h15-18H,2-14H2,1H3. The van der Waals surface area contributed by atoms with Gasteiger partial charge in [-0.3, -0.25) is 0 Å². The average Bonchev–Trinajstić information content (AvgIpc) is 3.14. The van der Waals surface area contributed by atoms with Gasteiger partial charge < -0.3 is 19.9 Å². The zero-order chi connectivity index (χ0) is 14.5. The average molecular weight is 295 g/mol. The molecule has 0 amide bonds. The minimum absolute atomic E-state index is 0.452. The molecule has 3 saturated heterocycles. The Kier molecular flexibility index (Phi) is 5.92. The molecule has 2 atom stereocenters. The van der Waals surface area contributed by atoms with E-state index in [1.54, 1.807) is 0 Å². The zero-order valence-corrected chi connectivity index (χ0v) is 13.7. The lowest BCUT2D eigenvalue weighted by atomic mass is 9.96. The Morgan fingerprint density at radius 3 is 2.24 bits per heavy atom. The monoisotopic (exact) mass is 295 g/mol. The van der Waals surface area contributed by atoms with Gasteiger partial charge in [-0.1, -0.05) is 0 Å². The van der Waals surface area contributed by atoms with Crippen molar-refractivity contribution in [2.24, 2.45) is 5.92 Å². The van der Waals surface area contributed by atoms with E-state index in [1.165, 1.54) is 71.2 Å². The van der Waals surface area contributed by atoms with E-state index in [0.717, 1.165) is 19.0 Å². The largest absolute Gasteiger partial charge is 0.372 e. The van der Waals surface area contributed by atoms with Gasteiger partial charge in [0.2, 0.25) is 0 Å². The molecule has 3 aliphatic rings. The second-order valence-electron chi connectivity index (χ2n) is 7.27. The van der Waals surface area contributed by atoms with E-state index < -0.39 is 0 Å². The van der Waals surface area contributed by atoms with Crippen LogP contribution in [0.2, 0.25) is 0 Å². The lowest BCUT2D eigenvalue weighted by Gasteiger charge is -2.35. The van der Waals surface area contributed by atoms with Gasteiger partial charge in [0.1, 0.15) is 0 Å². The highest BCUT2D eigenvalue weighted by molar-refractivity contribution is 4.81. The fourth-order valence-corrected chi connectivity index (χ4v) is 4.26. The summed E-state index contributed by atoms with van der Waals surface area (Å²) >= 11 is 0. The Labute approximate surface area is 130 Å². The van der Waals surface area contributed by atoms with Crippen molar-refractivity contribution in [1.29, 1.82) is 0 Å². The van der Waals surface area contributed by atoms with Gasteiger partial charge in [0.25, 0.3) is 0 Å². The number of ether oxygens (including phenoxy) is 1. The Hall–Kier alpha value is -0.160. The first-order valence-electron chi connectivity index (χ1n) is 9.08. The molecule has 0 aromatic carbocycles. The molecule has 4 heteroatoms.